The molecule has 102 valence electrons. The molecule has 2 saturated carbocycles. The van der Waals surface area contributed by atoms with Crippen molar-refractivity contribution in [2.24, 2.45) is 5.92 Å². The van der Waals surface area contributed by atoms with Crippen LogP contribution >= 0.6 is 15.9 Å². The van der Waals surface area contributed by atoms with E-state index in [2.05, 4.69) is 33.0 Å². The average Bonchev–Trinajstić information content (AvgIpc) is 3.09. The van der Waals surface area contributed by atoms with Gasteiger partial charge in [0.15, 0.2) is 0 Å². The highest BCUT2D eigenvalue weighted by atomic mass is 79.9. The highest BCUT2D eigenvalue weighted by Crippen LogP contribution is 2.34. The number of hydrogen-bond acceptors (Lipinski definition) is 1. The summed E-state index contributed by atoms with van der Waals surface area (Å²) < 4.78 is 1.09. The van der Waals surface area contributed by atoms with Crippen molar-refractivity contribution in [1.29, 1.82) is 0 Å². The average molecular weight is 322 g/mol. The summed E-state index contributed by atoms with van der Waals surface area (Å²) in [5.74, 6) is 0.702. The standard InChI is InChI=1S/C16H20BrNO/c17-14-7-3-4-12(10-14)11-18(15-8-9-15)16(19)13-5-1-2-6-13/h3-4,7,10,13,15H,1-2,5-6,8-9,11H2. The van der Waals surface area contributed by atoms with Crippen molar-refractivity contribution in [3.05, 3.63) is 34.3 Å². The molecule has 0 bridgehead atoms. The Morgan fingerprint density at radius 2 is 1.95 bits per heavy atom. The normalized spacial score (nSPS) is 19.6. The van der Waals surface area contributed by atoms with Crippen molar-refractivity contribution < 1.29 is 4.79 Å². The smallest absolute Gasteiger partial charge is 0.226 e. The molecule has 19 heavy (non-hydrogen) atoms. The van der Waals surface area contributed by atoms with E-state index in [0.29, 0.717) is 17.9 Å². The zero-order chi connectivity index (χ0) is 13.2. The van der Waals surface area contributed by atoms with Gasteiger partial charge in [0.05, 0.1) is 0 Å². The molecular weight excluding hydrogens is 302 g/mol. The minimum atomic E-state index is 0.299. The Bertz CT molecular complexity index is 464. The maximum atomic E-state index is 12.6. The minimum Gasteiger partial charge on any atom is -0.335 e. The van der Waals surface area contributed by atoms with Crippen LogP contribution < -0.4 is 0 Å². The number of hydrogen-bond donors (Lipinski definition) is 0. The van der Waals surface area contributed by atoms with Gasteiger partial charge in [0.1, 0.15) is 0 Å². The van der Waals surface area contributed by atoms with E-state index in [-0.39, 0.29) is 0 Å². The molecule has 2 nitrogen and oxygen atoms in total. The molecule has 0 N–H and O–H groups in total. The van der Waals surface area contributed by atoms with E-state index in [0.717, 1.165) is 23.9 Å². The van der Waals surface area contributed by atoms with Gasteiger partial charge >= 0.3 is 0 Å². The highest BCUT2D eigenvalue weighted by Gasteiger charge is 2.36. The van der Waals surface area contributed by atoms with Gasteiger partial charge in [-0.2, -0.15) is 0 Å². The summed E-state index contributed by atoms with van der Waals surface area (Å²) in [4.78, 5) is 14.8. The lowest BCUT2D eigenvalue weighted by atomic mass is 10.1. The molecule has 0 aliphatic heterocycles. The van der Waals surface area contributed by atoms with Crippen LogP contribution in [-0.2, 0) is 11.3 Å². The molecule has 2 fully saturated rings. The van der Waals surface area contributed by atoms with Crippen LogP contribution in [0.3, 0.4) is 0 Å². The molecule has 0 radical (unpaired) electrons. The van der Waals surface area contributed by atoms with E-state index in [4.69, 9.17) is 0 Å². The van der Waals surface area contributed by atoms with E-state index in [9.17, 15) is 4.79 Å². The van der Waals surface area contributed by atoms with Crippen LogP contribution in [0.4, 0.5) is 0 Å². The van der Waals surface area contributed by atoms with Crippen LogP contribution in [0.2, 0.25) is 0 Å². The summed E-state index contributed by atoms with van der Waals surface area (Å²) in [7, 11) is 0. The number of amides is 1. The Balaban J connectivity index is 1.72. The van der Waals surface area contributed by atoms with E-state index < -0.39 is 0 Å². The SMILES string of the molecule is O=C(C1CCCC1)N(Cc1cccc(Br)c1)C1CC1. The monoisotopic (exact) mass is 321 g/mol. The summed E-state index contributed by atoms with van der Waals surface area (Å²) >= 11 is 3.50. The summed E-state index contributed by atoms with van der Waals surface area (Å²) in [5, 5.41) is 0. The van der Waals surface area contributed by atoms with Gasteiger partial charge in [0.25, 0.3) is 0 Å². The minimum absolute atomic E-state index is 0.299. The van der Waals surface area contributed by atoms with E-state index >= 15 is 0 Å². The fraction of sp³-hybridized carbons (Fsp3) is 0.562. The first-order valence-corrected chi connectivity index (χ1v) is 8.08. The van der Waals surface area contributed by atoms with Crippen LogP contribution in [0.15, 0.2) is 28.7 Å². The molecule has 0 atom stereocenters. The number of carbonyl (C=O) groups is 1. The van der Waals surface area contributed by atoms with Gasteiger partial charge in [0.2, 0.25) is 5.91 Å². The fourth-order valence-corrected chi connectivity index (χ4v) is 3.46. The van der Waals surface area contributed by atoms with E-state index in [1.165, 1.54) is 31.2 Å². The molecule has 2 aliphatic carbocycles. The van der Waals surface area contributed by atoms with Gasteiger partial charge in [-0.05, 0) is 43.4 Å². The summed E-state index contributed by atoms with van der Waals surface area (Å²) in [6, 6.07) is 8.82. The predicted molar refractivity (Wildman–Crippen MR) is 79.7 cm³/mol. The predicted octanol–water partition coefficient (Wildman–Crippen LogP) is 4.13. The molecule has 0 spiro atoms. The maximum absolute atomic E-state index is 12.6. The largest absolute Gasteiger partial charge is 0.335 e. The fourth-order valence-electron chi connectivity index (χ4n) is 3.01. The molecule has 2 aliphatic rings. The Morgan fingerprint density at radius 3 is 2.58 bits per heavy atom. The molecule has 1 amide bonds. The maximum Gasteiger partial charge on any atom is 0.226 e. The van der Waals surface area contributed by atoms with Gasteiger partial charge in [0, 0.05) is 23.0 Å². The second-order valence-electron chi connectivity index (χ2n) is 5.81. The summed E-state index contributed by atoms with van der Waals surface area (Å²) in [6.07, 6.45) is 7.03. The number of halogens is 1. The zero-order valence-corrected chi connectivity index (χ0v) is 12.7. The molecule has 0 heterocycles. The van der Waals surface area contributed by atoms with Crippen molar-refractivity contribution in [1.82, 2.24) is 4.90 Å². The first kappa shape index (κ1) is 13.2. The van der Waals surface area contributed by atoms with Gasteiger partial charge in [-0.25, -0.2) is 0 Å². The third-order valence-electron chi connectivity index (χ3n) is 4.22. The Labute approximate surface area is 123 Å². The van der Waals surface area contributed by atoms with Crippen LogP contribution in [0.25, 0.3) is 0 Å². The Hall–Kier alpha value is -0.830. The number of rotatable bonds is 4. The topological polar surface area (TPSA) is 20.3 Å². The number of carbonyl (C=O) groups excluding carboxylic acids is 1. The quantitative estimate of drug-likeness (QED) is 0.816. The third-order valence-corrected chi connectivity index (χ3v) is 4.71. The number of nitrogens with zero attached hydrogens (tertiary/aromatic N) is 1. The van der Waals surface area contributed by atoms with Crippen LogP contribution in [0, 0.1) is 5.92 Å². The lowest BCUT2D eigenvalue weighted by Crippen LogP contribution is -2.36. The molecule has 1 aromatic rings. The van der Waals surface area contributed by atoms with Crippen molar-refractivity contribution in [3.8, 4) is 0 Å². The first-order valence-electron chi connectivity index (χ1n) is 7.29. The molecule has 3 heteroatoms. The highest BCUT2D eigenvalue weighted by molar-refractivity contribution is 9.10. The first-order chi connectivity index (χ1) is 9.24. The number of benzene rings is 1. The summed E-state index contributed by atoms with van der Waals surface area (Å²) in [6.45, 7) is 0.777. The lowest BCUT2D eigenvalue weighted by Gasteiger charge is -2.25. The van der Waals surface area contributed by atoms with Gasteiger partial charge in [-0.3, -0.25) is 4.79 Å². The second kappa shape index (κ2) is 5.66. The van der Waals surface area contributed by atoms with E-state index in [1.807, 2.05) is 12.1 Å². The molecule has 0 aromatic heterocycles. The Kier molecular flexibility index (Phi) is 3.92. The summed E-state index contributed by atoms with van der Waals surface area (Å²) in [5.41, 5.74) is 1.23. The zero-order valence-electron chi connectivity index (χ0n) is 11.1. The van der Waals surface area contributed by atoms with E-state index in [1.54, 1.807) is 0 Å². The Morgan fingerprint density at radius 1 is 1.21 bits per heavy atom. The van der Waals surface area contributed by atoms with Crippen LogP contribution in [-0.4, -0.2) is 16.8 Å². The molecular formula is C16H20BrNO. The van der Waals surface area contributed by atoms with Crippen LogP contribution in [0.5, 0.6) is 0 Å². The molecule has 0 unspecified atom stereocenters. The van der Waals surface area contributed by atoms with Gasteiger partial charge in [-0.1, -0.05) is 40.9 Å². The second-order valence-corrected chi connectivity index (χ2v) is 6.72. The molecule has 0 saturated heterocycles. The van der Waals surface area contributed by atoms with Crippen molar-refractivity contribution >= 4 is 21.8 Å². The van der Waals surface area contributed by atoms with Gasteiger partial charge < -0.3 is 4.90 Å². The molecule has 3 rings (SSSR count). The van der Waals surface area contributed by atoms with Crippen molar-refractivity contribution in [2.75, 3.05) is 0 Å². The third kappa shape index (κ3) is 3.19. The van der Waals surface area contributed by atoms with Crippen molar-refractivity contribution in [2.45, 2.75) is 51.1 Å². The van der Waals surface area contributed by atoms with Crippen LogP contribution in [0.1, 0.15) is 44.1 Å². The molecule has 1 aromatic carbocycles. The van der Waals surface area contributed by atoms with Crippen molar-refractivity contribution in [3.63, 3.8) is 0 Å². The van der Waals surface area contributed by atoms with Gasteiger partial charge in [-0.15, -0.1) is 0 Å². The lowest BCUT2D eigenvalue weighted by molar-refractivity contribution is -0.136.